The first-order valence-electron chi connectivity index (χ1n) is 6.02. The number of nitrogen functional groups attached to an aromatic ring is 1. The van der Waals surface area contributed by atoms with Crippen LogP contribution in [0.4, 0.5) is 5.95 Å². The SMILES string of the molecule is CCOc1cc(Br)cc(C=Nn2cc(C)nc2N)c1O. The van der Waals surface area contributed by atoms with Crippen LogP contribution in [-0.4, -0.2) is 27.6 Å². The van der Waals surface area contributed by atoms with Crippen molar-refractivity contribution in [3.05, 3.63) is 34.1 Å². The van der Waals surface area contributed by atoms with E-state index < -0.39 is 0 Å². The molecule has 0 spiro atoms. The van der Waals surface area contributed by atoms with Gasteiger partial charge in [0, 0.05) is 10.0 Å². The first kappa shape index (κ1) is 14.4. The van der Waals surface area contributed by atoms with Crippen LogP contribution in [0.15, 0.2) is 27.9 Å². The summed E-state index contributed by atoms with van der Waals surface area (Å²) in [6, 6.07) is 3.44. The number of phenols is 1. The summed E-state index contributed by atoms with van der Waals surface area (Å²) < 4.78 is 7.58. The largest absolute Gasteiger partial charge is 0.504 e. The van der Waals surface area contributed by atoms with E-state index in [2.05, 4.69) is 26.0 Å². The summed E-state index contributed by atoms with van der Waals surface area (Å²) >= 11 is 3.37. The van der Waals surface area contributed by atoms with Gasteiger partial charge in [-0.1, -0.05) is 15.9 Å². The van der Waals surface area contributed by atoms with Gasteiger partial charge in [-0.3, -0.25) is 0 Å². The van der Waals surface area contributed by atoms with E-state index in [9.17, 15) is 5.11 Å². The van der Waals surface area contributed by atoms with Gasteiger partial charge in [0.05, 0.1) is 24.7 Å². The van der Waals surface area contributed by atoms with Gasteiger partial charge in [-0.25, -0.2) is 9.66 Å². The van der Waals surface area contributed by atoms with Gasteiger partial charge in [0.25, 0.3) is 0 Å². The Kier molecular flexibility index (Phi) is 4.29. The molecule has 106 valence electrons. The quantitative estimate of drug-likeness (QED) is 0.838. The Morgan fingerprint density at radius 1 is 1.55 bits per heavy atom. The number of nitrogens with zero attached hydrogens (tertiary/aromatic N) is 3. The van der Waals surface area contributed by atoms with Crippen molar-refractivity contribution < 1.29 is 9.84 Å². The van der Waals surface area contributed by atoms with Crippen LogP contribution in [0.25, 0.3) is 0 Å². The molecule has 20 heavy (non-hydrogen) atoms. The molecule has 0 aliphatic heterocycles. The lowest BCUT2D eigenvalue weighted by Gasteiger charge is -2.08. The van der Waals surface area contributed by atoms with Crippen molar-refractivity contribution in [3.63, 3.8) is 0 Å². The Morgan fingerprint density at radius 3 is 2.90 bits per heavy atom. The fourth-order valence-corrected chi connectivity index (χ4v) is 2.13. The number of hydrogen-bond donors (Lipinski definition) is 2. The maximum atomic E-state index is 10.1. The van der Waals surface area contributed by atoms with Gasteiger partial charge in [-0.15, -0.1) is 0 Å². The van der Waals surface area contributed by atoms with Gasteiger partial charge >= 0.3 is 0 Å². The predicted molar refractivity (Wildman–Crippen MR) is 81.3 cm³/mol. The molecule has 0 fully saturated rings. The number of nitrogens with two attached hydrogens (primary N) is 1. The third-order valence-electron chi connectivity index (χ3n) is 2.53. The summed E-state index contributed by atoms with van der Waals surface area (Å²) in [5.74, 6) is 0.727. The number of aromatic nitrogens is 2. The van der Waals surface area contributed by atoms with Crippen LogP contribution in [-0.2, 0) is 0 Å². The van der Waals surface area contributed by atoms with Crippen LogP contribution in [0.3, 0.4) is 0 Å². The van der Waals surface area contributed by atoms with Crippen molar-refractivity contribution >= 4 is 28.1 Å². The van der Waals surface area contributed by atoms with Crippen molar-refractivity contribution in [3.8, 4) is 11.5 Å². The molecular formula is C13H15BrN4O2. The van der Waals surface area contributed by atoms with E-state index in [4.69, 9.17) is 10.5 Å². The normalized spacial score (nSPS) is 11.2. The van der Waals surface area contributed by atoms with E-state index in [-0.39, 0.29) is 5.75 Å². The molecule has 7 heteroatoms. The highest BCUT2D eigenvalue weighted by Gasteiger charge is 2.09. The molecule has 6 nitrogen and oxygen atoms in total. The lowest BCUT2D eigenvalue weighted by atomic mass is 10.2. The summed E-state index contributed by atoms with van der Waals surface area (Å²) in [5.41, 5.74) is 6.99. The molecule has 1 aromatic heterocycles. The molecule has 0 aliphatic carbocycles. The maximum absolute atomic E-state index is 10.1. The van der Waals surface area contributed by atoms with Gasteiger partial charge in [-0.05, 0) is 26.0 Å². The topological polar surface area (TPSA) is 85.7 Å². The molecular weight excluding hydrogens is 324 g/mol. The fraction of sp³-hybridized carbons (Fsp3) is 0.231. The first-order valence-corrected chi connectivity index (χ1v) is 6.81. The van der Waals surface area contributed by atoms with Crippen molar-refractivity contribution in [1.29, 1.82) is 0 Å². The summed E-state index contributed by atoms with van der Waals surface area (Å²) in [5, 5.41) is 14.3. The molecule has 0 aliphatic rings. The van der Waals surface area contributed by atoms with Gasteiger partial charge in [0.15, 0.2) is 11.5 Å². The number of benzene rings is 1. The summed E-state index contributed by atoms with van der Waals surface area (Å²) in [7, 11) is 0. The number of phenolic OH excluding ortho intramolecular Hbond substituents is 1. The average molecular weight is 339 g/mol. The zero-order valence-electron chi connectivity index (χ0n) is 11.2. The zero-order valence-corrected chi connectivity index (χ0v) is 12.8. The van der Waals surface area contributed by atoms with E-state index >= 15 is 0 Å². The van der Waals surface area contributed by atoms with Crippen molar-refractivity contribution in [2.75, 3.05) is 12.3 Å². The lowest BCUT2D eigenvalue weighted by Crippen LogP contribution is -1.98. The second-order valence-corrected chi connectivity index (χ2v) is 5.02. The highest BCUT2D eigenvalue weighted by molar-refractivity contribution is 9.10. The standard InChI is InChI=1S/C13H15BrN4O2/c1-3-20-11-5-10(14)4-9(12(11)19)6-16-18-7-8(2)17-13(18)15/h4-7,19H,3H2,1-2H3,(H2,15,17). The highest BCUT2D eigenvalue weighted by Crippen LogP contribution is 2.32. The summed E-state index contributed by atoms with van der Waals surface area (Å²) in [4.78, 5) is 4.04. The number of ether oxygens (including phenoxy) is 1. The molecule has 0 amide bonds. The second kappa shape index (κ2) is 5.96. The van der Waals surface area contributed by atoms with Crippen LogP contribution in [0.2, 0.25) is 0 Å². The van der Waals surface area contributed by atoms with E-state index in [0.717, 1.165) is 10.2 Å². The van der Waals surface area contributed by atoms with E-state index in [1.54, 1.807) is 18.3 Å². The van der Waals surface area contributed by atoms with Crippen molar-refractivity contribution in [2.45, 2.75) is 13.8 Å². The van der Waals surface area contributed by atoms with E-state index in [0.29, 0.717) is 23.9 Å². The van der Waals surface area contributed by atoms with Crippen LogP contribution in [0, 0.1) is 6.92 Å². The number of rotatable bonds is 4. The molecule has 2 rings (SSSR count). The summed E-state index contributed by atoms with van der Waals surface area (Å²) in [6.07, 6.45) is 3.20. The third-order valence-corrected chi connectivity index (χ3v) is 2.98. The number of halogens is 1. The Bertz CT molecular complexity index is 652. The minimum Gasteiger partial charge on any atom is -0.504 e. The molecule has 2 aromatic rings. The molecule has 1 aromatic carbocycles. The third kappa shape index (κ3) is 3.11. The molecule has 0 saturated heterocycles. The van der Waals surface area contributed by atoms with Crippen LogP contribution in [0.1, 0.15) is 18.2 Å². The Morgan fingerprint density at radius 2 is 2.30 bits per heavy atom. The number of aromatic hydroxyl groups is 1. The number of hydrogen-bond acceptors (Lipinski definition) is 5. The fourth-order valence-electron chi connectivity index (χ4n) is 1.68. The van der Waals surface area contributed by atoms with Gasteiger partial charge < -0.3 is 15.6 Å². The molecule has 1 heterocycles. The molecule has 0 saturated carbocycles. The number of anilines is 1. The minimum atomic E-state index is 0.0363. The molecule has 0 unspecified atom stereocenters. The van der Waals surface area contributed by atoms with E-state index in [1.807, 2.05) is 13.8 Å². The smallest absolute Gasteiger partial charge is 0.221 e. The van der Waals surface area contributed by atoms with E-state index in [1.165, 1.54) is 10.9 Å². The molecule has 0 radical (unpaired) electrons. The van der Waals surface area contributed by atoms with Crippen LogP contribution in [0.5, 0.6) is 11.5 Å². The average Bonchev–Trinajstić information content (AvgIpc) is 2.70. The van der Waals surface area contributed by atoms with Gasteiger partial charge in [-0.2, -0.15) is 5.10 Å². The maximum Gasteiger partial charge on any atom is 0.221 e. The molecule has 3 N–H and O–H groups in total. The van der Waals surface area contributed by atoms with Gasteiger partial charge in [0.2, 0.25) is 5.95 Å². The monoisotopic (exact) mass is 338 g/mol. The lowest BCUT2D eigenvalue weighted by molar-refractivity contribution is 0.317. The number of aryl methyl sites for hydroxylation is 1. The number of imidazole rings is 1. The Balaban J connectivity index is 2.35. The minimum absolute atomic E-state index is 0.0363. The summed E-state index contributed by atoms with van der Waals surface area (Å²) in [6.45, 7) is 4.14. The Labute approximate surface area is 125 Å². The first-order chi connectivity index (χ1) is 9.51. The predicted octanol–water partition coefficient (Wildman–Crippen LogP) is 2.52. The van der Waals surface area contributed by atoms with Crippen molar-refractivity contribution in [1.82, 2.24) is 9.66 Å². The van der Waals surface area contributed by atoms with Crippen molar-refractivity contribution in [2.24, 2.45) is 5.10 Å². The van der Waals surface area contributed by atoms with Crippen LogP contribution >= 0.6 is 15.9 Å². The van der Waals surface area contributed by atoms with Gasteiger partial charge in [0.1, 0.15) is 0 Å². The second-order valence-electron chi connectivity index (χ2n) is 4.10. The Hall–Kier alpha value is -2.02. The zero-order chi connectivity index (χ0) is 14.7. The molecule has 0 atom stereocenters. The molecule has 0 bridgehead atoms. The highest BCUT2D eigenvalue weighted by atomic mass is 79.9. The van der Waals surface area contributed by atoms with Crippen LogP contribution < -0.4 is 10.5 Å².